The van der Waals surface area contributed by atoms with E-state index in [2.05, 4.69) is 10.6 Å². The lowest BCUT2D eigenvalue weighted by atomic mass is 9.86. The summed E-state index contributed by atoms with van der Waals surface area (Å²) in [5, 5.41) is 12.4. The van der Waals surface area contributed by atoms with Crippen LogP contribution in [0.25, 0.3) is 0 Å². The number of esters is 1. The van der Waals surface area contributed by atoms with Gasteiger partial charge in [0.05, 0.1) is 40.9 Å². The molecule has 2 amide bonds. The number of anilines is 1. The van der Waals surface area contributed by atoms with E-state index in [-0.39, 0.29) is 60.3 Å². The quantitative estimate of drug-likeness (QED) is 0.0840. The van der Waals surface area contributed by atoms with Gasteiger partial charge < -0.3 is 25.7 Å². The van der Waals surface area contributed by atoms with E-state index < -0.39 is 77.7 Å². The van der Waals surface area contributed by atoms with Gasteiger partial charge in [-0.05, 0) is 62.4 Å². The molecular formula is C31H32ClF5N4O5. The Morgan fingerprint density at radius 1 is 1.07 bits per heavy atom. The molecule has 248 valence electrons. The molecule has 46 heavy (non-hydrogen) atoms. The van der Waals surface area contributed by atoms with E-state index in [0.29, 0.717) is 11.0 Å². The maximum absolute atomic E-state index is 14.4. The van der Waals surface area contributed by atoms with E-state index in [1.165, 1.54) is 25.1 Å². The number of halogens is 6. The van der Waals surface area contributed by atoms with Crippen LogP contribution in [0.1, 0.15) is 55.5 Å². The van der Waals surface area contributed by atoms with Crippen molar-refractivity contribution in [1.82, 2.24) is 10.2 Å². The number of ketones is 1. The molecule has 1 saturated carbocycles. The molecule has 0 aliphatic heterocycles. The van der Waals surface area contributed by atoms with Crippen molar-refractivity contribution in [3.05, 3.63) is 75.5 Å². The minimum absolute atomic E-state index is 0.0342. The number of carbonyl (C=O) groups is 4. The highest BCUT2D eigenvalue weighted by atomic mass is 35.5. The van der Waals surface area contributed by atoms with Crippen LogP contribution < -0.4 is 10.6 Å². The van der Waals surface area contributed by atoms with Gasteiger partial charge in [0, 0.05) is 31.8 Å². The van der Waals surface area contributed by atoms with Crippen molar-refractivity contribution in [3.63, 3.8) is 0 Å². The Hall–Kier alpha value is -4.33. The fraction of sp³-hybridized carbons (Fsp3) is 0.387. The van der Waals surface area contributed by atoms with Crippen LogP contribution in [0.5, 0.6) is 0 Å². The van der Waals surface area contributed by atoms with Gasteiger partial charge in [-0.3, -0.25) is 19.2 Å². The monoisotopic (exact) mass is 670 g/mol. The zero-order valence-electron chi connectivity index (χ0n) is 24.9. The molecular weight excluding hydrogens is 639 g/mol. The second-order valence-electron chi connectivity index (χ2n) is 10.6. The van der Waals surface area contributed by atoms with E-state index in [0.717, 1.165) is 12.1 Å². The third-order valence-corrected chi connectivity index (χ3v) is 7.46. The van der Waals surface area contributed by atoms with Gasteiger partial charge in [0.2, 0.25) is 5.91 Å². The molecule has 0 saturated heterocycles. The highest BCUT2D eigenvalue weighted by Gasteiger charge is 2.41. The molecule has 0 spiro atoms. The highest BCUT2D eigenvalue weighted by molar-refractivity contribution is 6.35. The normalized spacial score (nSPS) is 17.0. The first-order chi connectivity index (χ1) is 21.6. The number of rotatable bonds is 12. The van der Waals surface area contributed by atoms with Gasteiger partial charge in [-0.15, -0.1) is 0 Å². The summed E-state index contributed by atoms with van der Waals surface area (Å²) in [7, 11) is 0. The predicted molar refractivity (Wildman–Crippen MR) is 159 cm³/mol. The van der Waals surface area contributed by atoms with Crippen molar-refractivity contribution in [1.29, 1.82) is 5.41 Å². The molecule has 3 rings (SSSR count). The number of nitrogens with one attached hydrogen (secondary N) is 3. The van der Waals surface area contributed by atoms with Gasteiger partial charge in [-0.25, -0.2) is 8.78 Å². The van der Waals surface area contributed by atoms with E-state index in [4.69, 9.17) is 21.7 Å². The maximum Gasteiger partial charge on any atom is 0.431 e. The zero-order chi connectivity index (χ0) is 34.2. The third kappa shape index (κ3) is 9.59. The molecule has 2 aromatic rings. The van der Waals surface area contributed by atoms with Gasteiger partial charge >= 0.3 is 12.1 Å². The van der Waals surface area contributed by atoms with E-state index >= 15 is 0 Å². The number of ether oxygens (including phenoxy) is 1. The molecule has 3 N–H and O–H groups in total. The van der Waals surface area contributed by atoms with Crippen LogP contribution >= 0.6 is 11.6 Å². The average Bonchev–Trinajstić information content (AvgIpc) is 2.95. The van der Waals surface area contributed by atoms with Crippen LogP contribution in [-0.2, 0) is 25.7 Å². The summed E-state index contributed by atoms with van der Waals surface area (Å²) in [6, 6.07) is 5.51. The van der Waals surface area contributed by atoms with Crippen molar-refractivity contribution in [3.8, 4) is 0 Å². The second kappa shape index (κ2) is 15.8. The Kier molecular flexibility index (Phi) is 12.4. The molecule has 0 atom stereocenters. The largest absolute Gasteiger partial charge is 0.466 e. The number of nitrogens with zero attached hydrogens (tertiary/aromatic N) is 1. The minimum Gasteiger partial charge on any atom is -0.466 e. The van der Waals surface area contributed by atoms with Crippen molar-refractivity contribution in [2.75, 3.05) is 18.5 Å². The number of alkyl halides is 3. The van der Waals surface area contributed by atoms with Gasteiger partial charge in [0.15, 0.2) is 5.78 Å². The SMILES string of the molecule is CCOC(=O)[C@H]1CC[C@H](N/C(=C(\C=N)C(=O)N(CC(=O)c2c(Cl)cccc2NC(C)=O)Cc2cc(F)cc(F)c2)C(F)(F)F)CC1. The number of carbonyl (C=O) groups excluding carboxylic acids is 4. The lowest BCUT2D eigenvalue weighted by molar-refractivity contribution is -0.149. The molecule has 0 heterocycles. The smallest absolute Gasteiger partial charge is 0.431 e. The first-order valence-electron chi connectivity index (χ1n) is 14.2. The Labute approximate surface area is 266 Å². The Morgan fingerprint density at radius 2 is 1.70 bits per heavy atom. The number of allylic oxidation sites excluding steroid dienone is 1. The number of hydrogen-bond donors (Lipinski definition) is 3. The fourth-order valence-corrected chi connectivity index (χ4v) is 5.42. The number of amides is 2. The Morgan fingerprint density at radius 3 is 2.24 bits per heavy atom. The minimum atomic E-state index is -5.16. The molecule has 15 heteroatoms. The standard InChI is InChI=1S/C31H32ClF5N4O5/c1-3-46-30(45)19-7-9-22(10-8-19)40-28(31(35,36)37)23(14-38)29(44)41(15-18-11-20(33)13-21(34)12-18)16-26(43)27-24(32)5-4-6-25(27)39-17(2)42/h4-6,11-14,19,22,38,40H,3,7-10,15-16H2,1-2H3,(H,39,42)/b28-23+,38-14?/t19-,22-. The lowest BCUT2D eigenvalue weighted by Crippen LogP contribution is -2.43. The van der Waals surface area contributed by atoms with Gasteiger partial charge in [-0.1, -0.05) is 17.7 Å². The summed E-state index contributed by atoms with van der Waals surface area (Å²) in [5.74, 6) is -5.93. The Balaban J connectivity index is 2.02. The van der Waals surface area contributed by atoms with Crippen LogP contribution in [0.2, 0.25) is 5.02 Å². The van der Waals surface area contributed by atoms with Crippen molar-refractivity contribution < 1.29 is 45.9 Å². The van der Waals surface area contributed by atoms with Crippen molar-refractivity contribution >= 4 is 47.1 Å². The van der Waals surface area contributed by atoms with Crippen molar-refractivity contribution in [2.24, 2.45) is 5.92 Å². The molecule has 0 aromatic heterocycles. The fourth-order valence-electron chi connectivity index (χ4n) is 5.14. The molecule has 1 fully saturated rings. The van der Waals surface area contributed by atoms with Gasteiger partial charge in [-0.2, -0.15) is 13.2 Å². The second-order valence-corrected chi connectivity index (χ2v) is 11.0. The summed E-state index contributed by atoms with van der Waals surface area (Å²) in [6.07, 6.45) is -4.25. The lowest BCUT2D eigenvalue weighted by Gasteiger charge is -2.31. The zero-order valence-corrected chi connectivity index (χ0v) is 25.7. The maximum atomic E-state index is 14.4. The summed E-state index contributed by atoms with van der Waals surface area (Å²) in [5.41, 5.74) is -3.19. The first kappa shape index (κ1) is 36.1. The van der Waals surface area contributed by atoms with Crippen LogP contribution in [0.15, 0.2) is 47.7 Å². The number of hydrogen-bond acceptors (Lipinski definition) is 7. The van der Waals surface area contributed by atoms with Crippen LogP contribution in [0.4, 0.5) is 27.6 Å². The molecule has 0 radical (unpaired) electrons. The Bertz CT molecular complexity index is 1500. The molecule has 0 bridgehead atoms. The van der Waals surface area contributed by atoms with Crippen LogP contribution in [-0.4, -0.2) is 60.1 Å². The summed E-state index contributed by atoms with van der Waals surface area (Å²) >= 11 is 6.22. The molecule has 2 aromatic carbocycles. The molecule has 9 nitrogen and oxygen atoms in total. The molecule has 0 unspecified atom stereocenters. The summed E-state index contributed by atoms with van der Waals surface area (Å²) < 4.78 is 76.3. The van der Waals surface area contributed by atoms with Crippen LogP contribution in [0.3, 0.4) is 0 Å². The first-order valence-corrected chi connectivity index (χ1v) is 14.6. The van der Waals surface area contributed by atoms with Gasteiger partial charge in [0.25, 0.3) is 5.91 Å². The topological polar surface area (TPSA) is 129 Å². The predicted octanol–water partition coefficient (Wildman–Crippen LogP) is 5.97. The van der Waals surface area contributed by atoms with E-state index in [1.54, 1.807) is 6.92 Å². The summed E-state index contributed by atoms with van der Waals surface area (Å²) in [4.78, 5) is 51.7. The number of benzene rings is 2. The summed E-state index contributed by atoms with van der Waals surface area (Å²) in [6.45, 7) is 1.29. The van der Waals surface area contributed by atoms with Crippen LogP contribution in [0, 0.1) is 23.0 Å². The molecule has 1 aliphatic rings. The average molecular weight is 671 g/mol. The third-order valence-electron chi connectivity index (χ3n) is 7.14. The number of Topliss-reactive ketones (excluding diaryl/α,β-unsaturated/α-hetero) is 1. The van der Waals surface area contributed by atoms with E-state index in [9.17, 15) is 41.1 Å². The molecule has 1 aliphatic carbocycles. The van der Waals surface area contributed by atoms with E-state index in [1.807, 2.05) is 0 Å². The van der Waals surface area contributed by atoms with Gasteiger partial charge in [0.1, 0.15) is 17.3 Å². The highest BCUT2D eigenvalue weighted by Crippen LogP contribution is 2.32. The van der Waals surface area contributed by atoms with Crippen molar-refractivity contribution in [2.45, 2.75) is 58.3 Å².